The summed E-state index contributed by atoms with van der Waals surface area (Å²) in [7, 11) is 0. The van der Waals surface area contributed by atoms with Gasteiger partial charge in [0.05, 0.1) is 16.4 Å². The van der Waals surface area contributed by atoms with Gasteiger partial charge in [-0.2, -0.15) is 0 Å². The molecule has 0 unspecified atom stereocenters. The molecule has 1 heterocycles. The SMILES string of the molecule is CC(=O)Nc1sc(Cc2ccc(C(=O)Nc3ccccc3N)cc2)c(C)c1C. The van der Waals surface area contributed by atoms with Crippen molar-refractivity contribution in [2.45, 2.75) is 27.2 Å². The second-order valence-electron chi connectivity index (χ2n) is 6.70. The number of nitrogen functional groups attached to an aromatic ring is 1. The van der Waals surface area contributed by atoms with Crippen molar-refractivity contribution < 1.29 is 9.59 Å². The Bertz CT molecular complexity index is 1020. The summed E-state index contributed by atoms with van der Waals surface area (Å²) in [6.07, 6.45) is 0.754. The zero-order valence-corrected chi connectivity index (χ0v) is 16.9. The summed E-state index contributed by atoms with van der Waals surface area (Å²) in [5.74, 6) is -0.258. The number of thiophene rings is 1. The van der Waals surface area contributed by atoms with E-state index in [0.717, 1.165) is 22.5 Å². The van der Waals surface area contributed by atoms with Gasteiger partial charge in [-0.15, -0.1) is 11.3 Å². The van der Waals surface area contributed by atoms with E-state index in [0.29, 0.717) is 16.9 Å². The normalized spacial score (nSPS) is 10.5. The number of nitrogens with one attached hydrogen (secondary N) is 2. The van der Waals surface area contributed by atoms with Crippen LogP contribution in [0.5, 0.6) is 0 Å². The monoisotopic (exact) mass is 393 g/mol. The van der Waals surface area contributed by atoms with Crippen LogP contribution in [0.1, 0.15) is 38.8 Å². The minimum atomic E-state index is -0.194. The number of amides is 2. The van der Waals surface area contributed by atoms with E-state index in [-0.39, 0.29) is 11.8 Å². The van der Waals surface area contributed by atoms with Crippen molar-refractivity contribution in [3.63, 3.8) is 0 Å². The summed E-state index contributed by atoms with van der Waals surface area (Å²) in [6, 6.07) is 14.7. The molecule has 3 rings (SSSR count). The zero-order chi connectivity index (χ0) is 20.3. The van der Waals surface area contributed by atoms with Crippen LogP contribution in [0.25, 0.3) is 0 Å². The molecule has 144 valence electrons. The van der Waals surface area contributed by atoms with Gasteiger partial charge in [-0.05, 0) is 54.8 Å². The molecule has 0 spiro atoms. The zero-order valence-electron chi connectivity index (χ0n) is 16.1. The molecule has 6 heteroatoms. The lowest BCUT2D eigenvalue weighted by Gasteiger charge is -2.08. The van der Waals surface area contributed by atoms with Crippen molar-refractivity contribution in [3.8, 4) is 0 Å². The molecule has 0 bridgehead atoms. The predicted molar refractivity (Wildman–Crippen MR) is 116 cm³/mol. The molecule has 0 aliphatic carbocycles. The Hall–Kier alpha value is -3.12. The lowest BCUT2D eigenvalue weighted by Crippen LogP contribution is -2.13. The Labute approximate surface area is 168 Å². The Morgan fingerprint density at radius 1 is 0.964 bits per heavy atom. The Morgan fingerprint density at radius 3 is 2.29 bits per heavy atom. The molecule has 0 fully saturated rings. The van der Waals surface area contributed by atoms with Gasteiger partial charge in [0, 0.05) is 23.8 Å². The molecular formula is C22H23N3O2S. The van der Waals surface area contributed by atoms with Gasteiger partial charge in [0.1, 0.15) is 0 Å². The highest BCUT2D eigenvalue weighted by Gasteiger charge is 2.13. The first-order valence-electron chi connectivity index (χ1n) is 8.96. The molecule has 0 saturated carbocycles. The average Bonchev–Trinajstić information content (AvgIpc) is 2.91. The van der Waals surface area contributed by atoms with E-state index < -0.39 is 0 Å². The Balaban J connectivity index is 1.72. The number of hydrogen-bond acceptors (Lipinski definition) is 4. The quantitative estimate of drug-likeness (QED) is 0.547. The van der Waals surface area contributed by atoms with Crippen molar-refractivity contribution in [3.05, 3.63) is 75.7 Å². The van der Waals surface area contributed by atoms with Gasteiger partial charge in [0.25, 0.3) is 5.91 Å². The van der Waals surface area contributed by atoms with E-state index >= 15 is 0 Å². The van der Waals surface area contributed by atoms with E-state index in [4.69, 9.17) is 5.73 Å². The third-order valence-electron chi connectivity index (χ3n) is 4.63. The summed E-state index contributed by atoms with van der Waals surface area (Å²) in [4.78, 5) is 25.0. The van der Waals surface area contributed by atoms with E-state index in [9.17, 15) is 9.59 Å². The second kappa shape index (κ2) is 8.27. The van der Waals surface area contributed by atoms with Crippen LogP contribution in [-0.2, 0) is 11.2 Å². The van der Waals surface area contributed by atoms with Gasteiger partial charge >= 0.3 is 0 Å². The maximum absolute atomic E-state index is 12.4. The highest BCUT2D eigenvalue weighted by atomic mass is 32.1. The standard InChI is InChI=1S/C22H23N3O2S/c1-13-14(2)22(24-15(3)26)28-20(13)12-16-8-10-17(11-9-16)21(27)25-19-7-5-4-6-18(19)23/h4-11H,12,23H2,1-3H3,(H,24,26)(H,25,27). The molecule has 0 aliphatic rings. The van der Waals surface area contributed by atoms with Gasteiger partial charge in [0.2, 0.25) is 5.91 Å². The van der Waals surface area contributed by atoms with Gasteiger partial charge in [-0.3, -0.25) is 9.59 Å². The van der Waals surface area contributed by atoms with E-state index in [1.807, 2.05) is 43.3 Å². The predicted octanol–water partition coefficient (Wildman–Crippen LogP) is 4.75. The molecule has 1 aromatic heterocycles. The highest BCUT2D eigenvalue weighted by Crippen LogP contribution is 2.33. The van der Waals surface area contributed by atoms with Crippen molar-refractivity contribution >= 4 is 39.5 Å². The summed E-state index contributed by atoms with van der Waals surface area (Å²) >= 11 is 1.60. The van der Waals surface area contributed by atoms with Crippen molar-refractivity contribution in [1.29, 1.82) is 0 Å². The van der Waals surface area contributed by atoms with Crippen molar-refractivity contribution in [1.82, 2.24) is 0 Å². The van der Waals surface area contributed by atoms with Crippen molar-refractivity contribution in [2.75, 3.05) is 16.4 Å². The smallest absolute Gasteiger partial charge is 0.255 e. The van der Waals surface area contributed by atoms with Crippen LogP contribution < -0.4 is 16.4 Å². The molecule has 4 N–H and O–H groups in total. The lowest BCUT2D eigenvalue weighted by atomic mass is 10.0. The first kappa shape index (κ1) is 19.6. The maximum atomic E-state index is 12.4. The number of hydrogen-bond donors (Lipinski definition) is 3. The first-order chi connectivity index (χ1) is 13.3. The van der Waals surface area contributed by atoms with E-state index in [1.54, 1.807) is 23.5 Å². The molecule has 0 saturated heterocycles. The topological polar surface area (TPSA) is 84.2 Å². The summed E-state index contributed by atoms with van der Waals surface area (Å²) in [5.41, 5.74) is 11.0. The van der Waals surface area contributed by atoms with Crippen LogP contribution in [0.15, 0.2) is 48.5 Å². The first-order valence-corrected chi connectivity index (χ1v) is 9.78. The summed E-state index contributed by atoms with van der Waals surface area (Å²) in [5, 5.41) is 6.62. The van der Waals surface area contributed by atoms with Crippen LogP contribution >= 0.6 is 11.3 Å². The average molecular weight is 394 g/mol. The molecule has 5 nitrogen and oxygen atoms in total. The fraction of sp³-hybridized carbons (Fsp3) is 0.182. The fourth-order valence-corrected chi connectivity index (χ4v) is 4.16. The number of carbonyl (C=O) groups excluding carboxylic acids is 2. The van der Waals surface area contributed by atoms with E-state index in [2.05, 4.69) is 17.6 Å². The van der Waals surface area contributed by atoms with Crippen LogP contribution in [0.2, 0.25) is 0 Å². The highest BCUT2D eigenvalue weighted by molar-refractivity contribution is 7.16. The third-order valence-corrected chi connectivity index (χ3v) is 5.94. The van der Waals surface area contributed by atoms with Gasteiger partial charge in [-0.1, -0.05) is 24.3 Å². The van der Waals surface area contributed by atoms with Gasteiger partial charge in [-0.25, -0.2) is 0 Å². The van der Waals surface area contributed by atoms with Crippen LogP contribution in [0, 0.1) is 13.8 Å². The number of nitrogens with two attached hydrogens (primary N) is 1. The molecule has 0 aliphatic heterocycles. The van der Waals surface area contributed by atoms with Crippen LogP contribution in [0.4, 0.5) is 16.4 Å². The number of carbonyl (C=O) groups is 2. The van der Waals surface area contributed by atoms with Crippen molar-refractivity contribution in [2.24, 2.45) is 0 Å². The third kappa shape index (κ3) is 4.40. The molecule has 2 aromatic carbocycles. The van der Waals surface area contributed by atoms with E-state index in [1.165, 1.54) is 17.4 Å². The number of para-hydroxylation sites is 2. The number of rotatable bonds is 5. The summed E-state index contributed by atoms with van der Waals surface area (Å²) in [6.45, 7) is 5.60. The number of anilines is 3. The Kier molecular flexibility index (Phi) is 5.80. The van der Waals surface area contributed by atoms with Crippen LogP contribution in [-0.4, -0.2) is 11.8 Å². The number of benzene rings is 2. The summed E-state index contributed by atoms with van der Waals surface area (Å²) < 4.78 is 0. The minimum Gasteiger partial charge on any atom is -0.397 e. The molecule has 0 atom stereocenters. The maximum Gasteiger partial charge on any atom is 0.255 e. The fourth-order valence-electron chi connectivity index (χ4n) is 2.87. The molecule has 2 amide bonds. The largest absolute Gasteiger partial charge is 0.397 e. The van der Waals surface area contributed by atoms with Crippen LogP contribution in [0.3, 0.4) is 0 Å². The molecule has 0 radical (unpaired) electrons. The lowest BCUT2D eigenvalue weighted by molar-refractivity contribution is -0.114. The minimum absolute atomic E-state index is 0.0645. The van der Waals surface area contributed by atoms with Gasteiger partial charge < -0.3 is 16.4 Å². The molecule has 3 aromatic rings. The Morgan fingerprint density at radius 2 is 1.64 bits per heavy atom. The molecular weight excluding hydrogens is 370 g/mol. The molecule has 28 heavy (non-hydrogen) atoms. The second-order valence-corrected chi connectivity index (χ2v) is 7.81. The van der Waals surface area contributed by atoms with Gasteiger partial charge in [0.15, 0.2) is 0 Å².